The molecule has 0 spiro atoms. The topological polar surface area (TPSA) is 254 Å². The van der Waals surface area contributed by atoms with Crippen molar-refractivity contribution in [2.45, 2.75) is 57.5 Å². The second-order valence-electron chi connectivity index (χ2n) is 5.57. The van der Waals surface area contributed by atoms with Gasteiger partial charge in [-0.05, 0) is 20.8 Å². The molecule has 0 saturated carbocycles. The molecule has 0 aromatic carbocycles. The highest BCUT2D eigenvalue weighted by Crippen LogP contribution is 2.15. The van der Waals surface area contributed by atoms with Crippen molar-refractivity contribution < 1.29 is 65.4 Å². The average molecular weight is 420 g/mol. The first-order valence-electron chi connectivity index (χ1n) is 7.85. The van der Waals surface area contributed by atoms with Crippen LogP contribution in [0, 0.1) is 0 Å². The predicted molar refractivity (Wildman–Crippen MR) is 93.4 cm³/mol. The van der Waals surface area contributed by atoms with Crippen molar-refractivity contribution in [3.63, 3.8) is 0 Å². The van der Waals surface area contributed by atoms with Crippen molar-refractivity contribution in [1.29, 1.82) is 0 Å². The zero-order valence-electron chi connectivity index (χ0n) is 16.0. The number of aliphatic carboxylic acids is 3. The van der Waals surface area contributed by atoms with E-state index in [0.29, 0.717) is 0 Å². The Morgan fingerprint density at radius 2 is 0.857 bits per heavy atom. The van der Waals surface area contributed by atoms with Gasteiger partial charge in [0.25, 0.3) is 0 Å². The molecule has 3 unspecified atom stereocenters. The Hall–Kier alpha value is -1.87. The summed E-state index contributed by atoms with van der Waals surface area (Å²) in [7, 11) is 0. The predicted octanol–water partition coefficient (Wildman–Crippen LogP) is -3.17. The molecule has 0 rings (SSSR count). The largest absolute Gasteiger partial charge is 0.481 e. The summed E-state index contributed by atoms with van der Waals surface area (Å²) in [5.74, 6) is -5.02. The van der Waals surface area contributed by atoms with E-state index in [4.69, 9.17) is 51.1 Å². The number of hydrogen-bond acceptors (Lipinski definition) is 10. The van der Waals surface area contributed by atoms with Gasteiger partial charge in [0.1, 0.15) is 0 Å². The fourth-order valence-corrected chi connectivity index (χ4v) is 0.714. The number of carboxylic acids is 3. The summed E-state index contributed by atoms with van der Waals surface area (Å²) in [5, 5.41) is 81.8. The van der Waals surface area contributed by atoms with Crippen LogP contribution in [0.3, 0.4) is 0 Å². The number of carboxylic acid groups (broad SMARTS) is 3. The average Bonchev–Trinajstić information content (AvgIpc) is 2.54. The second-order valence-corrected chi connectivity index (χ2v) is 5.57. The van der Waals surface area contributed by atoms with Crippen LogP contribution in [-0.4, -0.2) is 113 Å². The molecule has 0 bridgehead atoms. The highest BCUT2D eigenvalue weighted by Gasteiger charge is 2.40. The van der Waals surface area contributed by atoms with Crippen molar-refractivity contribution in [3.05, 3.63) is 0 Å². The molecule has 0 aromatic heterocycles. The van der Waals surface area contributed by atoms with Gasteiger partial charge in [0.2, 0.25) is 0 Å². The lowest BCUT2D eigenvalue weighted by Crippen LogP contribution is -2.42. The van der Waals surface area contributed by atoms with Crippen molar-refractivity contribution in [1.82, 2.24) is 0 Å². The minimum atomic E-state index is -2.74. The van der Waals surface area contributed by atoms with E-state index in [9.17, 15) is 14.4 Å². The van der Waals surface area contributed by atoms with E-state index in [1.807, 2.05) is 0 Å². The van der Waals surface area contributed by atoms with E-state index >= 15 is 0 Å². The van der Waals surface area contributed by atoms with Crippen LogP contribution in [0.15, 0.2) is 0 Å². The first kappa shape index (κ1) is 33.7. The molecule has 0 aliphatic carbocycles. The summed E-state index contributed by atoms with van der Waals surface area (Å²) in [5.41, 5.74) is -2.74. The Bertz CT molecular complexity index is 372. The third kappa shape index (κ3) is 31.9. The molecule has 0 amide bonds. The number of rotatable bonds is 8. The van der Waals surface area contributed by atoms with E-state index in [-0.39, 0.29) is 19.8 Å². The van der Waals surface area contributed by atoms with Crippen LogP contribution in [0.25, 0.3) is 0 Å². The van der Waals surface area contributed by atoms with Crippen LogP contribution < -0.4 is 0 Å². The van der Waals surface area contributed by atoms with E-state index in [2.05, 4.69) is 0 Å². The van der Waals surface area contributed by atoms with Crippen LogP contribution in [0.2, 0.25) is 0 Å². The first-order chi connectivity index (χ1) is 12.6. The fourth-order valence-electron chi connectivity index (χ4n) is 0.714. The summed E-state index contributed by atoms with van der Waals surface area (Å²) in [6.07, 6.45) is -3.97. The summed E-state index contributed by atoms with van der Waals surface area (Å²) in [6.45, 7) is 4.17. The Balaban J connectivity index is -0.000000159. The molecule has 0 aliphatic heterocycles. The van der Waals surface area contributed by atoms with Crippen molar-refractivity contribution in [2.75, 3.05) is 19.8 Å². The molecule has 0 saturated heterocycles. The monoisotopic (exact) mass is 420 g/mol. The molecule has 13 nitrogen and oxygen atoms in total. The van der Waals surface area contributed by atoms with Gasteiger partial charge in [-0.25, -0.2) is 4.79 Å². The third-order valence-corrected chi connectivity index (χ3v) is 2.08. The molecule has 28 heavy (non-hydrogen) atoms. The molecule has 0 radical (unpaired) electrons. The molecule has 0 fully saturated rings. The van der Waals surface area contributed by atoms with Crippen molar-refractivity contribution in [3.8, 4) is 0 Å². The maximum atomic E-state index is 10.3. The summed E-state index contributed by atoms with van der Waals surface area (Å²) < 4.78 is 0. The van der Waals surface area contributed by atoms with Crippen LogP contribution in [0.1, 0.15) is 33.6 Å². The fraction of sp³-hybridized carbons (Fsp3) is 0.800. The molecule has 170 valence electrons. The quantitative estimate of drug-likeness (QED) is 0.186. The summed E-state index contributed by atoms with van der Waals surface area (Å²) in [4.78, 5) is 30.5. The maximum Gasteiger partial charge on any atom is 0.336 e. The van der Waals surface area contributed by atoms with Gasteiger partial charge in [-0.1, -0.05) is 0 Å². The van der Waals surface area contributed by atoms with Crippen LogP contribution in [0.4, 0.5) is 0 Å². The van der Waals surface area contributed by atoms with E-state index in [1.165, 1.54) is 20.8 Å². The Labute approximate surface area is 161 Å². The lowest BCUT2D eigenvalue weighted by molar-refractivity contribution is -0.170. The van der Waals surface area contributed by atoms with Gasteiger partial charge in [-0.2, -0.15) is 0 Å². The highest BCUT2D eigenvalue weighted by molar-refractivity contribution is 5.88. The van der Waals surface area contributed by atoms with Gasteiger partial charge in [0.05, 0.1) is 51.0 Å². The SMILES string of the molecule is CC(O)CO.CC(O)CO.CC(O)CO.O=C(O)CC(O)(CC(=O)O)C(=O)O. The highest BCUT2D eigenvalue weighted by atomic mass is 16.4. The van der Waals surface area contributed by atoms with Crippen molar-refractivity contribution in [2.24, 2.45) is 0 Å². The minimum absolute atomic E-state index is 0.139. The van der Waals surface area contributed by atoms with Crippen LogP contribution >= 0.6 is 0 Å². The lowest BCUT2D eigenvalue weighted by Gasteiger charge is -2.18. The molecular weight excluding hydrogens is 388 g/mol. The Morgan fingerprint density at radius 3 is 0.929 bits per heavy atom. The van der Waals surface area contributed by atoms with Crippen molar-refractivity contribution >= 4 is 17.9 Å². The second kappa shape index (κ2) is 19.9. The van der Waals surface area contributed by atoms with Gasteiger partial charge in [0, 0.05) is 0 Å². The number of aliphatic hydroxyl groups is 7. The van der Waals surface area contributed by atoms with Gasteiger partial charge in [-0.15, -0.1) is 0 Å². The molecule has 0 aromatic rings. The zero-order valence-corrected chi connectivity index (χ0v) is 16.0. The van der Waals surface area contributed by atoms with Gasteiger partial charge in [-0.3, -0.25) is 9.59 Å². The Kier molecular flexibility index (Phi) is 23.9. The molecule has 0 aliphatic rings. The van der Waals surface area contributed by atoms with Crippen LogP contribution in [0.5, 0.6) is 0 Å². The molecular formula is C15H32O13. The van der Waals surface area contributed by atoms with Gasteiger partial charge >= 0.3 is 17.9 Å². The third-order valence-electron chi connectivity index (χ3n) is 2.08. The molecule has 0 heterocycles. The van der Waals surface area contributed by atoms with Gasteiger partial charge in [0.15, 0.2) is 5.60 Å². The summed E-state index contributed by atoms with van der Waals surface area (Å²) >= 11 is 0. The number of hydrogen-bond donors (Lipinski definition) is 10. The zero-order chi connectivity index (χ0) is 23.5. The summed E-state index contributed by atoms with van der Waals surface area (Å²) in [6, 6.07) is 0. The van der Waals surface area contributed by atoms with E-state index in [0.717, 1.165) is 0 Å². The minimum Gasteiger partial charge on any atom is -0.481 e. The number of carbonyl (C=O) groups is 3. The number of aliphatic hydroxyl groups excluding tert-OH is 6. The smallest absolute Gasteiger partial charge is 0.336 e. The van der Waals surface area contributed by atoms with Crippen LogP contribution in [-0.2, 0) is 14.4 Å². The molecule has 10 N–H and O–H groups in total. The van der Waals surface area contributed by atoms with Gasteiger partial charge < -0.3 is 51.1 Å². The molecule has 3 atom stereocenters. The standard InChI is InChI=1S/C6H8O7.3C3H8O2/c7-3(8)1-6(13,5(11)12)2-4(9)10;3*1-3(5)2-4/h13H,1-2H2,(H,7,8)(H,9,10)(H,11,12);3*3-5H,2H2,1H3. The lowest BCUT2D eigenvalue weighted by atomic mass is 9.96. The normalized spacial score (nSPS) is 13.1. The first-order valence-corrected chi connectivity index (χ1v) is 7.85. The molecule has 13 heteroatoms. The Morgan fingerprint density at radius 1 is 0.679 bits per heavy atom. The van der Waals surface area contributed by atoms with E-state index in [1.54, 1.807) is 0 Å². The maximum absolute atomic E-state index is 10.3. The van der Waals surface area contributed by atoms with E-state index < -0.39 is 54.7 Å².